The maximum absolute atomic E-state index is 12.8. The Bertz CT molecular complexity index is 968. The van der Waals surface area contributed by atoms with Crippen molar-refractivity contribution in [3.8, 4) is 5.75 Å². The van der Waals surface area contributed by atoms with E-state index in [4.69, 9.17) is 4.74 Å². The lowest BCUT2D eigenvalue weighted by Crippen LogP contribution is -2.13. The lowest BCUT2D eigenvalue weighted by atomic mass is 10.0. The van der Waals surface area contributed by atoms with Gasteiger partial charge in [-0.25, -0.2) is 4.39 Å². The van der Waals surface area contributed by atoms with Crippen LogP contribution in [0, 0.1) is 0 Å². The molecule has 0 bridgehead atoms. The second kappa shape index (κ2) is 7.16. The highest BCUT2D eigenvalue weighted by molar-refractivity contribution is 6.14. The van der Waals surface area contributed by atoms with Crippen LogP contribution < -0.4 is 10.1 Å². The maximum Gasteiger partial charge on any atom is 0.256 e. The molecule has 0 heterocycles. The Morgan fingerprint density at radius 3 is 2.65 bits per heavy atom. The summed E-state index contributed by atoms with van der Waals surface area (Å²) in [5.74, 6) is 0.434. The average Bonchev–Trinajstić information content (AvgIpc) is 3.13. The summed E-state index contributed by atoms with van der Waals surface area (Å²) in [5.41, 5.74) is 4.09. The van der Waals surface area contributed by atoms with E-state index in [9.17, 15) is 9.18 Å². The molecule has 3 nitrogen and oxygen atoms in total. The molecular formula is C22H20FNO2. The monoisotopic (exact) mass is 349 g/mol. The molecule has 0 aromatic heterocycles. The third-order valence-electron chi connectivity index (χ3n) is 4.82. The van der Waals surface area contributed by atoms with E-state index in [-0.39, 0.29) is 12.5 Å². The van der Waals surface area contributed by atoms with E-state index in [1.807, 2.05) is 30.3 Å². The van der Waals surface area contributed by atoms with Crippen LogP contribution in [0.2, 0.25) is 0 Å². The van der Waals surface area contributed by atoms with Crippen LogP contribution in [-0.2, 0) is 12.8 Å². The predicted octanol–water partition coefficient (Wildman–Crippen LogP) is 4.93. The molecule has 0 fully saturated rings. The van der Waals surface area contributed by atoms with Crippen LogP contribution in [0.1, 0.15) is 27.9 Å². The summed E-state index contributed by atoms with van der Waals surface area (Å²) < 4.78 is 17.9. The van der Waals surface area contributed by atoms with Crippen LogP contribution in [0.15, 0.2) is 54.6 Å². The van der Waals surface area contributed by atoms with Gasteiger partial charge in [0.05, 0.1) is 0 Å². The van der Waals surface area contributed by atoms with Gasteiger partial charge < -0.3 is 10.1 Å². The van der Waals surface area contributed by atoms with Gasteiger partial charge in [-0.15, -0.1) is 0 Å². The second-order valence-corrected chi connectivity index (χ2v) is 6.49. The van der Waals surface area contributed by atoms with Crippen LogP contribution in [0.25, 0.3) is 10.8 Å². The highest BCUT2D eigenvalue weighted by atomic mass is 19.1. The highest BCUT2D eigenvalue weighted by Gasteiger charge is 2.15. The molecule has 0 aliphatic heterocycles. The van der Waals surface area contributed by atoms with E-state index in [0.717, 1.165) is 29.3 Å². The standard InChI is InChI=1S/C22H20FNO2/c23-12-13-26-21-11-10-20(18-6-1-2-7-19(18)21)22(25)24-17-9-8-15-4-3-5-16(15)14-17/h1-2,6-11,14H,3-5,12-13H2,(H,24,25). The predicted molar refractivity (Wildman–Crippen MR) is 102 cm³/mol. The number of fused-ring (bicyclic) bond motifs is 2. The fraction of sp³-hybridized carbons (Fsp3) is 0.227. The summed E-state index contributed by atoms with van der Waals surface area (Å²) in [4.78, 5) is 12.8. The summed E-state index contributed by atoms with van der Waals surface area (Å²) in [7, 11) is 0. The minimum absolute atomic E-state index is 0.00463. The summed E-state index contributed by atoms with van der Waals surface area (Å²) in [5, 5.41) is 4.60. The van der Waals surface area contributed by atoms with Gasteiger partial charge in [0.1, 0.15) is 19.0 Å². The molecule has 0 atom stereocenters. The van der Waals surface area contributed by atoms with Gasteiger partial charge in [-0.3, -0.25) is 4.79 Å². The molecular weight excluding hydrogens is 329 g/mol. The van der Waals surface area contributed by atoms with Crippen LogP contribution in [0.5, 0.6) is 5.75 Å². The number of halogens is 1. The SMILES string of the molecule is O=C(Nc1ccc2c(c1)CCC2)c1ccc(OCCF)c2ccccc12. The van der Waals surface area contributed by atoms with Gasteiger partial charge in [-0.1, -0.05) is 30.3 Å². The lowest BCUT2D eigenvalue weighted by molar-refractivity contribution is 0.102. The van der Waals surface area contributed by atoms with E-state index in [1.165, 1.54) is 17.5 Å². The van der Waals surface area contributed by atoms with Gasteiger partial charge >= 0.3 is 0 Å². The Kier molecular flexibility index (Phi) is 4.57. The first-order chi connectivity index (χ1) is 12.8. The summed E-state index contributed by atoms with van der Waals surface area (Å²) in [6.07, 6.45) is 3.37. The van der Waals surface area contributed by atoms with E-state index < -0.39 is 6.67 Å². The molecule has 0 saturated heterocycles. The molecule has 3 aromatic rings. The molecule has 4 rings (SSSR count). The van der Waals surface area contributed by atoms with Gasteiger partial charge in [0.25, 0.3) is 5.91 Å². The fourth-order valence-electron chi connectivity index (χ4n) is 3.59. The number of hydrogen-bond donors (Lipinski definition) is 1. The van der Waals surface area contributed by atoms with Gasteiger partial charge in [0, 0.05) is 16.6 Å². The van der Waals surface area contributed by atoms with Crippen molar-refractivity contribution in [3.63, 3.8) is 0 Å². The number of benzene rings is 3. The van der Waals surface area contributed by atoms with Crippen molar-refractivity contribution in [1.82, 2.24) is 0 Å². The van der Waals surface area contributed by atoms with Crippen molar-refractivity contribution >= 4 is 22.4 Å². The van der Waals surface area contributed by atoms with Gasteiger partial charge in [0.15, 0.2) is 0 Å². The molecule has 1 aliphatic rings. The number of alkyl halides is 1. The van der Waals surface area contributed by atoms with E-state index in [0.29, 0.717) is 11.3 Å². The van der Waals surface area contributed by atoms with Gasteiger partial charge in [-0.2, -0.15) is 0 Å². The fourth-order valence-corrected chi connectivity index (χ4v) is 3.59. The number of nitrogens with one attached hydrogen (secondary N) is 1. The lowest BCUT2D eigenvalue weighted by Gasteiger charge is -2.12. The Morgan fingerprint density at radius 2 is 1.81 bits per heavy atom. The number of carbonyl (C=O) groups excluding carboxylic acids is 1. The summed E-state index contributed by atoms with van der Waals surface area (Å²) in [6, 6.07) is 17.1. The highest BCUT2D eigenvalue weighted by Crippen LogP contribution is 2.30. The summed E-state index contributed by atoms with van der Waals surface area (Å²) in [6.45, 7) is -0.542. The largest absolute Gasteiger partial charge is 0.490 e. The minimum Gasteiger partial charge on any atom is -0.490 e. The molecule has 0 unspecified atom stereocenters. The molecule has 26 heavy (non-hydrogen) atoms. The zero-order chi connectivity index (χ0) is 17.9. The summed E-state index contributed by atoms with van der Waals surface area (Å²) >= 11 is 0. The van der Waals surface area contributed by atoms with Crippen molar-refractivity contribution in [2.45, 2.75) is 19.3 Å². The Morgan fingerprint density at radius 1 is 1.00 bits per heavy atom. The number of amides is 1. The van der Waals surface area contributed by atoms with Gasteiger partial charge in [-0.05, 0) is 60.0 Å². The van der Waals surface area contributed by atoms with Gasteiger partial charge in [0.2, 0.25) is 0 Å². The van der Waals surface area contributed by atoms with E-state index >= 15 is 0 Å². The van der Waals surface area contributed by atoms with Crippen LogP contribution in [0.4, 0.5) is 10.1 Å². The molecule has 132 valence electrons. The number of ether oxygens (including phenoxy) is 1. The van der Waals surface area contributed by atoms with Crippen LogP contribution in [-0.4, -0.2) is 19.2 Å². The number of rotatable bonds is 5. The quantitative estimate of drug-likeness (QED) is 0.709. The van der Waals surface area contributed by atoms with Crippen LogP contribution in [0.3, 0.4) is 0 Å². The first-order valence-corrected chi connectivity index (χ1v) is 8.90. The van der Waals surface area contributed by atoms with E-state index in [2.05, 4.69) is 17.4 Å². The van der Waals surface area contributed by atoms with Crippen LogP contribution >= 0.6 is 0 Å². The molecule has 4 heteroatoms. The molecule has 1 aliphatic carbocycles. The molecule has 3 aromatic carbocycles. The van der Waals surface area contributed by atoms with E-state index in [1.54, 1.807) is 12.1 Å². The molecule has 0 spiro atoms. The minimum atomic E-state index is -0.547. The van der Waals surface area contributed by atoms with Crippen molar-refractivity contribution in [3.05, 3.63) is 71.3 Å². The number of carbonyl (C=O) groups is 1. The smallest absolute Gasteiger partial charge is 0.256 e. The molecule has 0 radical (unpaired) electrons. The van der Waals surface area contributed by atoms with Crippen molar-refractivity contribution in [2.75, 3.05) is 18.6 Å². The zero-order valence-electron chi connectivity index (χ0n) is 14.4. The number of hydrogen-bond acceptors (Lipinski definition) is 2. The topological polar surface area (TPSA) is 38.3 Å². The third kappa shape index (κ3) is 3.15. The van der Waals surface area contributed by atoms with Crippen molar-refractivity contribution < 1.29 is 13.9 Å². The normalized spacial score (nSPS) is 12.8. The average molecular weight is 349 g/mol. The Labute approximate surface area is 151 Å². The molecule has 1 amide bonds. The van der Waals surface area contributed by atoms with Crippen molar-refractivity contribution in [1.29, 1.82) is 0 Å². The first-order valence-electron chi connectivity index (χ1n) is 8.90. The third-order valence-corrected chi connectivity index (χ3v) is 4.82. The maximum atomic E-state index is 12.8. The van der Waals surface area contributed by atoms with Crippen molar-refractivity contribution in [2.24, 2.45) is 0 Å². The Balaban J connectivity index is 1.64. The molecule has 1 N–H and O–H groups in total. The first kappa shape index (κ1) is 16.6. The molecule has 0 saturated carbocycles. The second-order valence-electron chi connectivity index (χ2n) is 6.49. The Hall–Kier alpha value is -2.88. The number of anilines is 1. The number of aryl methyl sites for hydroxylation is 2. The zero-order valence-corrected chi connectivity index (χ0v) is 14.4.